The number of hydrogen-bond donors (Lipinski definition) is 4. The molecule has 4 N–H and O–H groups in total. The van der Waals surface area contributed by atoms with E-state index in [4.69, 9.17) is 9.47 Å². The minimum absolute atomic E-state index is 0.0321. The monoisotopic (exact) mass is 547 g/mol. The topological polar surface area (TPSA) is 153 Å². The number of anilines is 1. The number of aliphatic hydroxyl groups is 3. The molecule has 15 heteroatoms. The zero-order valence-electron chi connectivity index (χ0n) is 20.2. The van der Waals surface area contributed by atoms with Crippen molar-refractivity contribution in [1.29, 1.82) is 0 Å². The van der Waals surface area contributed by atoms with E-state index in [9.17, 15) is 28.5 Å². The Morgan fingerprint density at radius 3 is 2.54 bits per heavy atom. The zero-order valence-corrected chi connectivity index (χ0v) is 20.2. The molecule has 206 valence electrons. The lowest BCUT2D eigenvalue weighted by Crippen LogP contribution is -2.33. The largest absolute Gasteiger partial charge is 0.416 e. The molecule has 0 spiro atoms. The van der Waals surface area contributed by atoms with Gasteiger partial charge in [-0.15, -0.1) is 0 Å². The Morgan fingerprint density at radius 2 is 1.87 bits per heavy atom. The maximum Gasteiger partial charge on any atom is 0.416 e. The van der Waals surface area contributed by atoms with Crippen molar-refractivity contribution < 1.29 is 38.0 Å². The van der Waals surface area contributed by atoms with Crippen LogP contribution in [0.4, 0.5) is 19.0 Å². The predicted molar refractivity (Wildman–Crippen MR) is 129 cm³/mol. The highest BCUT2D eigenvalue weighted by molar-refractivity contribution is 5.84. The van der Waals surface area contributed by atoms with Gasteiger partial charge in [-0.25, -0.2) is 9.67 Å². The van der Waals surface area contributed by atoms with Gasteiger partial charge >= 0.3 is 6.18 Å². The highest BCUT2D eigenvalue weighted by Gasteiger charge is 2.44. The molecule has 0 aliphatic carbocycles. The van der Waals surface area contributed by atoms with Crippen LogP contribution in [0.1, 0.15) is 18.2 Å². The van der Waals surface area contributed by atoms with E-state index in [1.807, 2.05) is 0 Å². The van der Waals surface area contributed by atoms with Crippen LogP contribution < -0.4 is 5.32 Å². The Labute approximate surface area is 218 Å². The summed E-state index contributed by atoms with van der Waals surface area (Å²) in [7, 11) is 0. The third-order valence-corrected chi connectivity index (χ3v) is 6.80. The van der Waals surface area contributed by atoms with E-state index in [2.05, 4.69) is 25.4 Å². The van der Waals surface area contributed by atoms with Gasteiger partial charge in [0, 0.05) is 18.4 Å². The molecule has 2 fully saturated rings. The summed E-state index contributed by atoms with van der Waals surface area (Å²) in [6.45, 7) is 0.567. The second kappa shape index (κ2) is 9.84. The molecule has 12 nitrogen and oxygen atoms in total. The standard InChI is InChI=1S/C24H24F3N7O5/c25-24(26,27)14-3-1-12(2-4-14)13-7-29-34(8-13)23-31-20(30-15-5-6-38-10-15)17-21(32-23)33(11-28-17)22-19(37)18(36)16(9-35)39-22/h1-4,7-8,11,15-16,18-19,22,35-37H,5-6,9-10H2,(H,30,31,32)/t15?,16-,18-,19-,22-/m1/s1. The lowest BCUT2D eigenvalue weighted by atomic mass is 10.1. The number of imidazole rings is 1. The predicted octanol–water partition coefficient (Wildman–Crippen LogP) is 1.51. The van der Waals surface area contributed by atoms with Gasteiger partial charge in [0.15, 0.2) is 23.2 Å². The first-order valence-electron chi connectivity index (χ1n) is 12.2. The lowest BCUT2D eigenvalue weighted by Gasteiger charge is -2.17. The summed E-state index contributed by atoms with van der Waals surface area (Å²) in [6, 6.07) is 4.69. The number of halogens is 3. The molecule has 39 heavy (non-hydrogen) atoms. The first kappa shape index (κ1) is 25.6. The second-order valence-electron chi connectivity index (χ2n) is 9.38. The minimum Gasteiger partial charge on any atom is -0.394 e. The van der Waals surface area contributed by atoms with Crippen molar-refractivity contribution in [3.05, 3.63) is 48.5 Å². The summed E-state index contributed by atoms with van der Waals surface area (Å²) in [5, 5.41) is 37.9. The van der Waals surface area contributed by atoms with Crippen LogP contribution in [-0.2, 0) is 15.7 Å². The van der Waals surface area contributed by atoms with E-state index in [-0.39, 0.29) is 17.6 Å². The Bertz CT molecular complexity index is 1470. The Morgan fingerprint density at radius 1 is 1.08 bits per heavy atom. The number of benzene rings is 1. The van der Waals surface area contributed by atoms with E-state index < -0.39 is 42.9 Å². The summed E-state index contributed by atoms with van der Waals surface area (Å²) in [5.41, 5.74) is 0.954. The fraction of sp³-hybridized carbons (Fsp3) is 0.417. The number of hydrogen-bond acceptors (Lipinski definition) is 10. The third kappa shape index (κ3) is 4.72. The van der Waals surface area contributed by atoms with Crippen molar-refractivity contribution in [1.82, 2.24) is 29.3 Å². The zero-order chi connectivity index (χ0) is 27.3. The van der Waals surface area contributed by atoms with E-state index in [1.54, 1.807) is 6.20 Å². The molecule has 2 aliphatic rings. The fourth-order valence-electron chi connectivity index (χ4n) is 4.68. The number of ether oxygens (including phenoxy) is 2. The maximum atomic E-state index is 13.0. The molecule has 3 aromatic heterocycles. The van der Waals surface area contributed by atoms with Crippen LogP contribution in [0.2, 0.25) is 0 Å². The molecule has 4 aromatic rings. The van der Waals surface area contributed by atoms with Crippen molar-refractivity contribution >= 4 is 17.0 Å². The normalized spacial score (nSPS) is 25.5. The number of nitrogens with zero attached hydrogens (tertiary/aromatic N) is 6. The number of alkyl halides is 3. The van der Waals surface area contributed by atoms with Crippen molar-refractivity contribution in [2.75, 3.05) is 25.1 Å². The fourth-order valence-corrected chi connectivity index (χ4v) is 4.68. The molecule has 0 amide bonds. The lowest BCUT2D eigenvalue weighted by molar-refractivity contribution is -0.137. The van der Waals surface area contributed by atoms with Crippen molar-refractivity contribution in [3.8, 4) is 17.1 Å². The van der Waals surface area contributed by atoms with Gasteiger partial charge < -0.3 is 30.1 Å². The maximum absolute atomic E-state index is 13.0. The molecule has 0 radical (unpaired) electrons. The van der Waals surface area contributed by atoms with Crippen LogP contribution in [0.15, 0.2) is 43.0 Å². The van der Waals surface area contributed by atoms with Gasteiger partial charge in [-0.2, -0.15) is 28.2 Å². The molecule has 0 bridgehead atoms. The van der Waals surface area contributed by atoms with Crippen LogP contribution >= 0.6 is 0 Å². The number of aliphatic hydroxyl groups excluding tert-OH is 3. The van der Waals surface area contributed by atoms with Crippen LogP contribution in [0, 0.1) is 0 Å². The smallest absolute Gasteiger partial charge is 0.394 e. The number of fused-ring (bicyclic) bond motifs is 1. The average Bonchev–Trinajstić information content (AvgIpc) is 3.72. The van der Waals surface area contributed by atoms with E-state index in [0.717, 1.165) is 18.6 Å². The summed E-state index contributed by atoms with van der Waals surface area (Å²) in [5.74, 6) is 0.498. The molecule has 2 aliphatic heterocycles. The van der Waals surface area contributed by atoms with Crippen molar-refractivity contribution in [2.45, 2.75) is 43.2 Å². The van der Waals surface area contributed by atoms with Gasteiger partial charge in [0.1, 0.15) is 18.3 Å². The molecule has 5 atom stereocenters. The Balaban J connectivity index is 1.39. The highest BCUT2D eigenvalue weighted by Crippen LogP contribution is 2.34. The van der Waals surface area contributed by atoms with Gasteiger partial charge in [0.05, 0.1) is 37.3 Å². The average molecular weight is 547 g/mol. The third-order valence-electron chi connectivity index (χ3n) is 6.80. The van der Waals surface area contributed by atoms with Crippen molar-refractivity contribution in [3.63, 3.8) is 0 Å². The first-order chi connectivity index (χ1) is 18.7. The molecule has 1 aromatic carbocycles. The van der Waals surface area contributed by atoms with E-state index in [0.29, 0.717) is 35.7 Å². The van der Waals surface area contributed by atoms with Gasteiger partial charge in [-0.1, -0.05) is 12.1 Å². The Kier molecular flexibility index (Phi) is 6.47. The molecule has 5 heterocycles. The van der Waals surface area contributed by atoms with Crippen LogP contribution in [0.5, 0.6) is 0 Å². The van der Waals surface area contributed by atoms with Gasteiger partial charge in [0.2, 0.25) is 0 Å². The van der Waals surface area contributed by atoms with E-state index in [1.165, 1.54) is 33.9 Å². The number of aromatic nitrogens is 6. The SMILES string of the molecule is OC[C@H]1O[C@@H](n2cnc3c(NC4CCOC4)nc(-n4cc(-c5ccc(C(F)(F)F)cc5)cn4)nc32)[C@H](O)[C@@H]1O. The summed E-state index contributed by atoms with van der Waals surface area (Å²) < 4.78 is 52.8. The molecule has 2 saturated heterocycles. The Hall–Kier alpha value is -3.63. The number of nitrogens with one attached hydrogen (secondary N) is 1. The highest BCUT2D eigenvalue weighted by atomic mass is 19.4. The molecular weight excluding hydrogens is 523 g/mol. The van der Waals surface area contributed by atoms with Gasteiger partial charge in [-0.05, 0) is 24.1 Å². The van der Waals surface area contributed by atoms with Crippen LogP contribution in [-0.4, -0.2) is 88.8 Å². The minimum atomic E-state index is -4.44. The number of rotatable bonds is 6. The van der Waals surface area contributed by atoms with Gasteiger partial charge in [-0.3, -0.25) is 4.57 Å². The molecular formula is C24H24F3N7O5. The summed E-state index contributed by atoms with van der Waals surface area (Å²) in [6.07, 6.45) is -3.96. The first-order valence-corrected chi connectivity index (χ1v) is 12.2. The molecule has 1 unspecified atom stereocenters. The van der Waals surface area contributed by atoms with Crippen LogP contribution in [0.25, 0.3) is 28.2 Å². The molecule has 0 saturated carbocycles. The van der Waals surface area contributed by atoms with Gasteiger partial charge in [0.25, 0.3) is 5.95 Å². The van der Waals surface area contributed by atoms with Crippen molar-refractivity contribution in [2.24, 2.45) is 0 Å². The molecule has 6 rings (SSSR count). The second-order valence-corrected chi connectivity index (χ2v) is 9.38. The summed E-state index contributed by atoms with van der Waals surface area (Å²) in [4.78, 5) is 13.6. The quantitative estimate of drug-likeness (QED) is 0.280. The van der Waals surface area contributed by atoms with E-state index >= 15 is 0 Å². The summed E-state index contributed by atoms with van der Waals surface area (Å²) >= 11 is 0. The van der Waals surface area contributed by atoms with Crippen LogP contribution in [0.3, 0.4) is 0 Å².